The van der Waals surface area contributed by atoms with Gasteiger partial charge in [-0.25, -0.2) is 4.98 Å². The molecule has 9 nitrogen and oxygen atoms in total. The van der Waals surface area contributed by atoms with Crippen LogP contribution in [0.15, 0.2) is 35.7 Å². The molecule has 1 aromatic heterocycles. The number of methoxy groups -OCH3 is 2. The standard InChI is InChI=1S/C32H38ClN3O6S/c1-39-28-15-20(14-21-6-10-35(16-25(21)28)22-8-12-41-13-9-22)18-42-30-23(4-3-5-26(30)33)27-19-43-32(34-27)36-11-7-24(31(37)38)29(17-36)40-2/h3-5,14-15,19,22,24,29H,6-13,16-18H2,1-2H3,(H,37,38)/t24-,29+/m1/s1. The Kier molecular flexibility index (Phi) is 9.39. The van der Waals surface area contributed by atoms with Crippen molar-refractivity contribution in [1.29, 1.82) is 0 Å². The number of fused-ring (bicyclic) bond motifs is 1. The minimum absolute atomic E-state index is 0.346. The zero-order chi connectivity index (χ0) is 29.9. The first-order valence-electron chi connectivity index (χ1n) is 14.8. The number of piperidine rings is 1. The van der Waals surface area contributed by atoms with Crippen LogP contribution in [0.5, 0.6) is 11.5 Å². The Morgan fingerprint density at radius 2 is 2.02 bits per heavy atom. The third-order valence-electron chi connectivity index (χ3n) is 8.89. The topological polar surface area (TPSA) is 93.6 Å². The van der Waals surface area contributed by atoms with E-state index in [1.165, 1.54) is 22.5 Å². The van der Waals surface area contributed by atoms with Gasteiger partial charge in [0.05, 0.1) is 29.8 Å². The van der Waals surface area contributed by atoms with E-state index in [-0.39, 0.29) is 6.10 Å². The second kappa shape index (κ2) is 13.4. The highest BCUT2D eigenvalue weighted by atomic mass is 35.5. The molecule has 6 rings (SSSR count). The molecule has 2 fully saturated rings. The van der Waals surface area contributed by atoms with Gasteiger partial charge in [-0.15, -0.1) is 11.3 Å². The molecule has 3 aliphatic heterocycles. The largest absolute Gasteiger partial charge is 0.496 e. The number of hydrogen-bond donors (Lipinski definition) is 1. The third kappa shape index (κ3) is 6.49. The van der Waals surface area contributed by atoms with Crippen LogP contribution in [0.2, 0.25) is 5.02 Å². The van der Waals surface area contributed by atoms with E-state index in [2.05, 4.69) is 21.9 Å². The summed E-state index contributed by atoms with van der Waals surface area (Å²) in [7, 11) is 3.30. The summed E-state index contributed by atoms with van der Waals surface area (Å²) in [5.74, 6) is 0.155. The van der Waals surface area contributed by atoms with Gasteiger partial charge in [0.25, 0.3) is 0 Å². The minimum atomic E-state index is -0.819. The Balaban J connectivity index is 1.18. The highest BCUT2D eigenvalue weighted by Gasteiger charge is 2.35. The average Bonchev–Trinajstić information content (AvgIpc) is 3.54. The van der Waals surface area contributed by atoms with Crippen molar-refractivity contribution in [3.8, 4) is 22.8 Å². The number of thiazole rings is 1. The second-order valence-corrected chi connectivity index (χ2v) is 12.6. The molecule has 0 saturated carbocycles. The van der Waals surface area contributed by atoms with E-state index in [9.17, 15) is 9.90 Å². The van der Waals surface area contributed by atoms with E-state index in [0.29, 0.717) is 42.9 Å². The zero-order valence-electron chi connectivity index (χ0n) is 24.6. The second-order valence-electron chi connectivity index (χ2n) is 11.4. The van der Waals surface area contributed by atoms with Gasteiger partial charge in [0.15, 0.2) is 5.13 Å². The van der Waals surface area contributed by atoms with Crippen LogP contribution >= 0.6 is 22.9 Å². The molecule has 11 heteroatoms. The number of aliphatic carboxylic acids is 1. The number of benzene rings is 2. The minimum Gasteiger partial charge on any atom is -0.496 e. The molecule has 2 atom stereocenters. The number of hydrogen-bond acceptors (Lipinski definition) is 9. The summed E-state index contributed by atoms with van der Waals surface area (Å²) in [6.45, 7) is 5.04. The van der Waals surface area contributed by atoms with Gasteiger partial charge in [-0.05, 0) is 55.0 Å². The summed E-state index contributed by atoms with van der Waals surface area (Å²) in [5, 5.41) is 12.9. The molecule has 0 spiro atoms. The molecule has 2 saturated heterocycles. The maximum atomic E-state index is 11.6. The van der Waals surface area contributed by atoms with Crippen LogP contribution in [-0.4, -0.2) is 80.2 Å². The molecule has 230 valence electrons. The van der Waals surface area contributed by atoms with Gasteiger partial charge >= 0.3 is 5.97 Å². The lowest BCUT2D eigenvalue weighted by atomic mass is 9.94. The maximum absolute atomic E-state index is 11.6. The van der Waals surface area contributed by atoms with Crippen LogP contribution in [0.1, 0.15) is 36.0 Å². The number of aromatic nitrogens is 1. The molecule has 0 bridgehead atoms. The molecule has 3 aliphatic rings. The van der Waals surface area contributed by atoms with Crippen molar-refractivity contribution in [2.24, 2.45) is 5.92 Å². The van der Waals surface area contributed by atoms with E-state index in [4.69, 9.17) is 35.5 Å². The highest BCUT2D eigenvalue weighted by molar-refractivity contribution is 7.14. The molecule has 1 N–H and O–H groups in total. The molecular weight excluding hydrogens is 590 g/mol. The van der Waals surface area contributed by atoms with Crippen LogP contribution < -0.4 is 14.4 Å². The summed E-state index contributed by atoms with van der Waals surface area (Å²) in [6.07, 6.45) is 3.26. The lowest BCUT2D eigenvalue weighted by Crippen LogP contribution is -2.47. The average molecular weight is 628 g/mol. The monoisotopic (exact) mass is 627 g/mol. The molecule has 2 aromatic carbocycles. The van der Waals surface area contributed by atoms with Crippen LogP contribution in [0.4, 0.5) is 5.13 Å². The Morgan fingerprint density at radius 3 is 2.79 bits per heavy atom. The van der Waals surface area contributed by atoms with Crippen LogP contribution in [0.25, 0.3) is 11.3 Å². The fourth-order valence-electron chi connectivity index (χ4n) is 6.50. The van der Waals surface area contributed by atoms with E-state index in [1.807, 2.05) is 23.6 Å². The number of anilines is 1. The normalized spacial score (nSPS) is 21.4. The summed E-state index contributed by atoms with van der Waals surface area (Å²) in [5.41, 5.74) is 5.19. The van der Waals surface area contributed by atoms with Crippen molar-refractivity contribution >= 4 is 34.0 Å². The molecule has 4 heterocycles. The Bertz CT molecular complexity index is 1430. The van der Waals surface area contributed by atoms with Crippen molar-refractivity contribution in [2.75, 3.05) is 52.0 Å². The number of halogens is 1. The first-order chi connectivity index (χ1) is 20.9. The van der Waals surface area contributed by atoms with Crippen molar-refractivity contribution in [3.05, 3.63) is 57.4 Å². The van der Waals surface area contributed by atoms with E-state index < -0.39 is 11.9 Å². The van der Waals surface area contributed by atoms with Crippen LogP contribution in [-0.2, 0) is 33.8 Å². The van der Waals surface area contributed by atoms with Crippen molar-refractivity contribution < 1.29 is 28.8 Å². The molecular formula is C32H38ClN3O6S. The number of para-hydroxylation sites is 1. The fraction of sp³-hybridized carbons (Fsp3) is 0.500. The molecule has 0 aliphatic carbocycles. The predicted molar refractivity (Wildman–Crippen MR) is 167 cm³/mol. The van der Waals surface area contributed by atoms with Crippen molar-refractivity contribution in [2.45, 2.75) is 51.0 Å². The van der Waals surface area contributed by atoms with Gasteiger partial charge in [-0.1, -0.05) is 23.7 Å². The molecule has 3 aromatic rings. The van der Waals surface area contributed by atoms with E-state index in [1.54, 1.807) is 14.2 Å². The maximum Gasteiger partial charge on any atom is 0.309 e. The first-order valence-corrected chi connectivity index (χ1v) is 16.1. The molecule has 0 radical (unpaired) electrons. The van der Waals surface area contributed by atoms with E-state index in [0.717, 1.165) is 73.3 Å². The number of nitrogens with zero attached hydrogens (tertiary/aromatic N) is 3. The van der Waals surface area contributed by atoms with Gasteiger partial charge in [0, 0.05) is 69.1 Å². The fourth-order valence-corrected chi connectivity index (χ4v) is 7.59. The molecule has 0 unspecified atom stereocenters. The SMILES string of the molecule is COc1cc(COc2c(Cl)cccc2-c2csc(N3CC[C@@H](C(=O)O)[C@@H](OC)C3)n2)cc2c1CN(C1CCOCC1)CC2. The number of ether oxygens (including phenoxy) is 4. The Labute approximate surface area is 261 Å². The number of carbonyl (C=O) groups is 1. The van der Waals surface area contributed by atoms with Crippen molar-refractivity contribution in [3.63, 3.8) is 0 Å². The number of carboxylic acids is 1. The zero-order valence-corrected chi connectivity index (χ0v) is 26.2. The summed E-state index contributed by atoms with van der Waals surface area (Å²) in [6, 6.07) is 10.6. The Hall–Kier alpha value is -2.89. The van der Waals surface area contributed by atoms with Crippen molar-refractivity contribution in [1.82, 2.24) is 9.88 Å². The highest BCUT2D eigenvalue weighted by Crippen LogP contribution is 2.40. The third-order valence-corrected chi connectivity index (χ3v) is 10.1. The number of carboxylic acid groups (broad SMARTS) is 1. The number of rotatable bonds is 9. The lowest BCUT2D eigenvalue weighted by molar-refractivity contribution is -0.147. The van der Waals surface area contributed by atoms with Gasteiger partial charge in [-0.3, -0.25) is 9.69 Å². The summed E-state index contributed by atoms with van der Waals surface area (Å²) < 4.78 is 23.3. The quantitative estimate of drug-likeness (QED) is 0.329. The van der Waals surface area contributed by atoms with Crippen LogP contribution in [0, 0.1) is 5.92 Å². The van der Waals surface area contributed by atoms with E-state index >= 15 is 0 Å². The Morgan fingerprint density at radius 1 is 1.19 bits per heavy atom. The van der Waals surface area contributed by atoms with Crippen LogP contribution in [0.3, 0.4) is 0 Å². The molecule has 0 amide bonds. The van der Waals surface area contributed by atoms with Gasteiger partial charge in [0.1, 0.15) is 18.1 Å². The van der Waals surface area contributed by atoms with Gasteiger partial charge < -0.3 is 29.0 Å². The smallest absolute Gasteiger partial charge is 0.309 e. The first kappa shape index (κ1) is 30.1. The predicted octanol–water partition coefficient (Wildman–Crippen LogP) is 5.51. The molecule has 43 heavy (non-hydrogen) atoms. The summed E-state index contributed by atoms with van der Waals surface area (Å²) >= 11 is 8.20. The summed E-state index contributed by atoms with van der Waals surface area (Å²) in [4.78, 5) is 21.2. The van der Waals surface area contributed by atoms with Gasteiger partial charge in [0.2, 0.25) is 0 Å². The van der Waals surface area contributed by atoms with Gasteiger partial charge in [-0.2, -0.15) is 0 Å². The lowest BCUT2D eigenvalue weighted by Gasteiger charge is -2.38.